The first-order chi connectivity index (χ1) is 15.0. The number of nitrogens with zero attached hydrogens (tertiary/aromatic N) is 4. The summed E-state index contributed by atoms with van der Waals surface area (Å²) >= 11 is 0. The molecule has 1 aromatic carbocycles. The first-order valence-electron chi connectivity index (χ1n) is 10.6. The van der Waals surface area contributed by atoms with Gasteiger partial charge in [0.05, 0.1) is 24.2 Å². The van der Waals surface area contributed by atoms with Gasteiger partial charge in [-0.05, 0) is 25.5 Å². The molecule has 3 rings (SSSR count). The lowest BCUT2D eigenvalue weighted by molar-refractivity contribution is 0.109. The molecule has 0 atom stereocenters. The number of hydrogen-bond donors (Lipinski definition) is 0. The molecule has 0 saturated carbocycles. The normalized spacial score (nSPS) is 15.2. The highest BCUT2D eigenvalue weighted by Gasteiger charge is 2.28. The Morgan fingerprint density at radius 1 is 1.03 bits per heavy atom. The molecule has 9 nitrogen and oxygen atoms in total. The van der Waals surface area contributed by atoms with Crippen LogP contribution < -0.4 is 15.2 Å². The van der Waals surface area contributed by atoms with Crippen LogP contribution >= 0.6 is 0 Å². The number of aromatic nitrogens is 2. The van der Waals surface area contributed by atoms with E-state index in [2.05, 4.69) is 5.10 Å². The molecule has 31 heavy (non-hydrogen) atoms. The largest absolute Gasteiger partial charge is 0.484 e. The maximum Gasteiger partial charge on any atom is 0.316 e. The lowest BCUT2D eigenvalue weighted by Gasteiger charge is -2.35. The van der Waals surface area contributed by atoms with Gasteiger partial charge in [0, 0.05) is 32.8 Å². The zero-order valence-electron chi connectivity index (χ0n) is 18.1. The van der Waals surface area contributed by atoms with Crippen LogP contribution in [0.25, 0.3) is 5.69 Å². The topological polar surface area (TPSA) is 94.0 Å². The van der Waals surface area contributed by atoms with Crippen molar-refractivity contribution in [3.8, 4) is 11.4 Å². The van der Waals surface area contributed by atoms with E-state index in [0.29, 0.717) is 57.2 Å². The maximum atomic E-state index is 13.2. The van der Waals surface area contributed by atoms with Gasteiger partial charge in [-0.2, -0.15) is 14.1 Å². The monoisotopic (exact) mass is 450 g/mol. The number of hydrogen-bond acceptors (Lipinski definition) is 7. The summed E-state index contributed by atoms with van der Waals surface area (Å²) in [6.07, 6.45) is 2.20. The van der Waals surface area contributed by atoms with Crippen molar-refractivity contribution < 1.29 is 17.9 Å². The Bertz CT molecular complexity index is 1000. The number of para-hydroxylation sites is 1. The maximum absolute atomic E-state index is 13.2. The van der Waals surface area contributed by atoms with Gasteiger partial charge >= 0.3 is 5.56 Å². The van der Waals surface area contributed by atoms with Crippen LogP contribution in [0.1, 0.15) is 20.3 Å². The number of rotatable bonds is 10. The number of sulfonamides is 1. The predicted molar refractivity (Wildman–Crippen MR) is 120 cm³/mol. The summed E-state index contributed by atoms with van der Waals surface area (Å²) in [5, 5.41) is 4.35. The fraction of sp³-hybridized carbons (Fsp3) is 0.524. The van der Waals surface area contributed by atoms with Crippen LogP contribution in [0.3, 0.4) is 0 Å². The highest BCUT2D eigenvalue weighted by atomic mass is 32.2. The minimum atomic E-state index is -3.24. The summed E-state index contributed by atoms with van der Waals surface area (Å²) in [7, 11) is -3.24. The fourth-order valence-electron chi connectivity index (χ4n) is 3.48. The Kier molecular flexibility index (Phi) is 8.05. The van der Waals surface area contributed by atoms with Crippen molar-refractivity contribution in [1.29, 1.82) is 0 Å². The van der Waals surface area contributed by atoms with Crippen LogP contribution in [0.4, 0.5) is 5.69 Å². The molecule has 0 amide bonds. The van der Waals surface area contributed by atoms with E-state index >= 15 is 0 Å². The van der Waals surface area contributed by atoms with E-state index in [1.165, 1.54) is 8.99 Å². The van der Waals surface area contributed by atoms with Gasteiger partial charge in [-0.3, -0.25) is 4.79 Å². The van der Waals surface area contributed by atoms with Gasteiger partial charge in [0.2, 0.25) is 15.8 Å². The lowest BCUT2D eigenvalue weighted by Crippen LogP contribution is -2.49. The highest BCUT2D eigenvalue weighted by molar-refractivity contribution is 7.89. The van der Waals surface area contributed by atoms with E-state index in [1.807, 2.05) is 36.9 Å². The Morgan fingerprint density at radius 3 is 2.39 bits per heavy atom. The van der Waals surface area contributed by atoms with Crippen molar-refractivity contribution in [2.75, 3.05) is 56.7 Å². The third-order valence-electron chi connectivity index (χ3n) is 5.03. The number of ether oxygens (including phenoxy) is 2. The number of anilines is 1. The van der Waals surface area contributed by atoms with Gasteiger partial charge in [-0.15, -0.1) is 0 Å². The van der Waals surface area contributed by atoms with Crippen LogP contribution in [-0.2, 0) is 14.8 Å². The molecule has 1 saturated heterocycles. The second-order valence-electron chi connectivity index (χ2n) is 7.16. The minimum Gasteiger partial charge on any atom is -0.484 e. The molecule has 2 aromatic rings. The Labute approximate surface area is 183 Å². The highest BCUT2D eigenvalue weighted by Crippen LogP contribution is 2.26. The molecular formula is C21H30N4O5S. The molecule has 0 unspecified atom stereocenters. The summed E-state index contributed by atoms with van der Waals surface area (Å²) in [5.41, 5.74) is 0.853. The summed E-state index contributed by atoms with van der Waals surface area (Å²) in [5.74, 6) is 0.344. The van der Waals surface area contributed by atoms with Crippen molar-refractivity contribution in [3.05, 3.63) is 46.9 Å². The molecule has 0 spiro atoms. The van der Waals surface area contributed by atoms with E-state index in [9.17, 15) is 13.2 Å². The van der Waals surface area contributed by atoms with Crippen LogP contribution in [0.5, 0.6) is 5.75 Å². The lowest BCUT2D eigenvalue weighted by atomic mass is 10.3. The molecule has 1 aliphatic rings. The van der Waals surface area contributed by atoms with Gasteiger partial charge in [-0.25, -0.2) is 8.42 Å². The Hall–Kier alpha value is -2.43. The SMILES string of the molecule is CCCS(=O)(=O)N1CCN(c2cnn(-c3ccccc3)c(=O)c2OCCOCC)CC1. The molecule has 0 radical (unpaired) electrons. The van der Waals surface area contributed by atoms with Crippen LogP contribution in [0, 0.1) is 0 Å². The number of benzene rings is 1. The Morgan fingerprint density at radius 2 is 1.74 bits per heavy atom. The molecule has 1 aromatic heterocycles. The first kappa shape index (κ1) is 23.2. The average molecular weight is 451 g/mol. The predicted octanol–water partition coefficient (Wildman–Crippen LogP) is 1.51. The smallest absolute Gasteiger partial charge is 0.316 e. The quantitative estimate of drug-likeness (QED) is 0.507. The van der Waals surface area contributed by atoms with Crippen LogP contribution in [0.2, 0.25) is 0 Å². The molecule has 0 N–H and O–H groups in total. The average Bonchev–Trinajstić information content (AvgIpc) is 2.78. The summed E-state index contributed by atoms with van der Waals surface area (Å²) in [4.78, 5) is 15.2. The zero-order chi connectivity index (χ0) is 22.3. The number of piperazine rings is 1. The first-order valence-corrected chi connectivity index (χ1v) is 12.2. The van der Waals surface area contributed by atoms with Crippen molar-refractivity contribution in [1.82, 2.24) is 14.1 Å². The van der Waals surface area contributed by atoms with Gasteiger partial charge in [0.15, 0.2) is 0 Å². The van der Waals surface area contributed by atoms with Crippen molar-refractivity contribution in [2.45, 2.75) is 20.3 Å². The van der Waals surface area contributed by atoms with E-state index in [-0.39, 0.29) is 23.7 Å². The Balaban J connectivity index is 1.85. The molecular weight excluding hydrogens is 420 g/mol. The summed E-state index contributed by atoms with van der Waals surface area (Å²) in [6, 6.07) is 9.14. The van der Waals surface area contributed by atoms with E-state index in [0.717, 1.165) is 0 Å². The summed E-state index contributed by atoms with van der Waals surface area (Å²) in [6.45, 7) is 6.56. The molecule has 1 fully saturated rings. The molecule has 0 aliphatic carbocycles. The van der Waals surface area contributed by atoms with E-state index in [1.54, 1.807) is 18.3 Å². The van der Waals surface area contributed by atoms with E-state index in [4.69, 9.17) is 9.47 Å². The van der Waals surface area contributed by atoms with Crippen molar-refractivity contribution in [3.63, 3.8) is 0 Å². The third-order valence-corrected chi connectivity index (χ3v) is 7.10. The zero-order valence-corrected chi connectivity index (χ0v) is 18.9. The van der Waals surface area contributed by atoms with Crippen LogP contribution in [0.15, 0.2) is 41.3 Å². The second-order valence-corrected chi connectivity index (χ2v) is 9.25. The van der Waals surface area contributed by atoms with Crippen molar-refractivity contribution in [2.24, 2.45) is 0 Å². The van der Waals surface area contributed by atoms with Crippen LogP contribution in [-0.4, -0.2) is 74.3 Å². The minimum absolute atomic E-state index is 0.146. The van der Waals surface area contributed by atoms with Gasteiger partial charge in [0.25, 0.3) is 0 Å². The second kappa shape index (κ2) is 10.7. The molecule has 170 valence electrons. The molecule has 0 bridgehead atoms. The molecule has 2 heterocycles. The van der Waals surface area contributed by atoms with Gasteiger partial charge in [0.1, 0.15) is 12.3 Å². The van der Waals surface area contributed by atoms with E-state index < -0.39 is 10.0 Å². The van der Waals surface area contributed by atoms with Gasteiger partial charge < -0.3 is 14.4 Å². The van der Waals surface area contributed by atoms with Gasteiger partial charge in [-0.1, -0.05) is 25.1 Å². The fourth-order valence-corrected chi connectivity index (χ4v) is 4.98. The summed E-state index contributed by atoms with van der Waals surface area (Å²) < 4.78 is 38.7. The molecule has 1 aliphatic heterocycles. The third kappa shape index (κ3) is 5.63. The van der Waals surface area contributed by atoms with Crippen molar-refractivity contribution >= 4 is 15.7 Å². The molecule has 10 heteroatoms. The standard InChI is InChI=1S/C21H30N4O5S/c1-3-16-31(27,28)24-12-10-23(11-13-24)19-17-22-25(18-8-6-5-7-9-18)21(26)20(19)30-15-14-29-4-2/h5-9,17H,3-4,10-16H2,1-2H3.